The maximum absolute atomic E-state index is 12.8. The second kappa shape index (κ2) is 8.89. The standard InChI is InChI=1S/C21H27N5O3/c1-14(2)20-23-15(3)12-19(24-20)25-8-10-26(11-9-25)21(28)16-4-6-17(7-5-16)29-13-18(22)27/h4-7,12,14H,8-11,13H2,1-3H3,(H2,22,27). The van der Waals surface area contributed by atoms with Crippen LogP contribution in [0.1, 0.15) is 41.6 Å². The van der Waals surface area contributed by atoms with Crippen LogP contribution < -0.4 is 15.4 Å². The summed E-state index contributed by atoms with van der Waals surface area (Å²) in [5, 5.41) is 0. The maximum atomic E-state index is 12.8. The highest BCUT2D eigenvalue weighted by molar-refractivity contribution is 5.94. The summed E-state index contributed by atoms with van der Waals surface area (Å²) < 4.78 is 5.23. The molecule has 2 aromatic rings. The van der Waals surface area contributed by atoms with Gasteiger partial charge in [-0.05, 0) is 31.2 Å². The summed E-state index contributed by atoms with van der Waals surface area (Å²) in [6.45, 7) is 8.65. The van der Waals surface area contributed by atoms with E-state index in [2.05, 4.69) is 28.7 Å². The monoisotopic (exact) mass is 397 g/mol. The molecule has 1 aromatic carbocycles. The second-order valence-corrected chi connectivity index (χ2v) is 7.44. The van der Waals surface area contributed by atoms with Crippen LogP contribution in [0, 0.1) is 6.92 Å². The van der Waals surface area contributed by atoms with Crippen LogP contribution in [-0.2, 0) is 4.79 Å². The molecule has 1 aromatic heterocycles. The molecule has 1 aliphatic rings. The summed E-state index contributed by atoms with van der Waals surface area (Å²) in [7, 11) is 0. The van der Waals surface area contributed by atoms with Crippen molar-refractivity contribution < 1.29 is 14.3 Å². The van der Waals surface area contributed by atoms with Gasteiger partial charge in [0.15, 0.2) is 6.61 Å². The average Bonchev–Trinajstić information content (AvgIpc) is 2.71. The molecule has 0 unspecified atom stereocenters. The Morgan fingerprint density at radius 2 is 1.76 bits per heavy atom. The van der Waals surface area contributed by atoms with Gasteiger partial charge in [-0.3, -0.25) is 9.59 Å². The van der Waals surface area contributed by atoms with Crippen molar-refractivity contribution >= 4 is 17.6 Å². The summed E-state index contributed by atoms with van der Waals surface area (Å²) in [6.07, 6.45) is 0. The molecular formula is C21H27N5O3. The minimum absolute atomic E-state index is 0.0205. The summed E-state index contributed by atoms with van der Waals surface area (Å²) in [5.41, 5.74) is 6.61. The summed E-state index contributed by atoms with van der Waals surface area (Å²) in [6, 6.07) is 8.74. The van der Waals surface area contributed by atoms with Crippen molar-refractivity contribution in [3.63, 3.8) is 0 Å². The minimum Gasteiger partial charge on any atom is -0.484 e. The Bertz CT molecular complexity index is 874. The molecule has 2 N–H and O–H groups in total. The molecule has 2 heterocycles. The molecule has 29 heavy (non-hydrogen) atoms. The van der Waals surface area contributed by atoms with Gasteiger partial charge in [-0.1, -0.05) is 13.8 Å². The van der Waals surface area contributed by atoms with E-state index in [4.69, 9.17) is 10.5 Å². The van der Waals surface area contributed by atoms with Gasteiger partial charge < -0.3 is 20.3 Å². The fourth-order valence-electron chi connectivity index (χ4n) is 3.16. The summed E-state index contributed by atoms with van der Waals surface area (Å²) in [5.74, 6) is 1.98. The van der Waals surface area contributed by atoms with E-state index in [1.54, 1.807) is 24.3 Å². The predicted molar refractivity (Wildman–Crippen MR) is 110 cm³/mol. The zero-order chi connectivity index (χ0) is 21.0. The lowest BCUT2D eigenvalue weighted by molar-refractivity contribution is -0.119. The van der Waals surface area contributed by atoms with Gasteiger partial charge in [0.25, 0.3) is 11.8 Å². The first-order valence-electron chi connectivity index (χ1n) is 9.74. The molecule has 0 atom stereocenters. The number of ether oxygens (including phenoxy) is 1. The fourth-order valence-corrected chi connectivity index (χ4v) is 3.16. The van der Waals surface area contributed by atoms with Crippen LogP contribution in [-0.4, -0.2) is 59.5 Å². The quantitative estimate of drug-likeness (QED) is 0.797. The van der Waals surface area contributed by atoms with Crippen molar-refractivity contribution in [2.24, 2.45) is 5.73 Å². The number of primary amides is 1. The van der Waals surface area contributed by atoms with Gasteiger partial charge in [-0.15, -0.1) is 0 Å². The molecule has 1 aliphatic heterocycles. The SMILES string of the molecule is Cc1cc(N2CCN(C(=O)c3ccc(OCC(N)=O)cc3)CC2)nc(C(C)C)n1. The highest BCUT2D eigenvalue weighted by Crippen LogP contribution is 2.20. The third kappa shape index (κ3) is 5.22. The number of nitrogens with zero attached hydrogens (tertiary/aromatic N) is 4. The molecule has 0 radical (unpaired) electrons. The lowest BCUT2D eigenvalue weighted by Crippen LogP contribution is -2.49. The lowest BCUT2D eigenvalue weighted by atomic mass is 10.1. The Morgan fingerprint density at radius 3 is 2.34 bits per heavy atom. The van der Waals surface area contributed by atoms with E-state index in [0.717, 1.165) is 30.4 Å². The number of nitrogens with two attached hydrogens (primary N) is 1. The van der Waals surface area contributed by atoms with Crippen LogP contribution in [0.25, 0.3) is 0 Å². The number of anilines is 1. The van der Waals surface area contributed by atoms with Gasteiger partial charge >= 0.3 is 0 Å². The number of piperazine rings is 1. The summed E-state index contributed by atoms with van der Waals surface area (Å²) >= 11 is 0. The second-order valence-electron chi connectivity index (χ2n) is 7.44. The van der Waals surface area contributed by atoms with Crippen LogP contribution in [0.5, 0.6) is 5.75 Å². The number of carbonyl (C=O) groups excluding carboxylic acids is 2. The van der Waals surface area contributed by atoms with Gasteiger partial charge in [-0.2, -0.15) is 0 Å². The number of hydrogen-bond donors (Lipinski definition) is 1. The largest absolute Gasteiger partial charge is 0.484 e. The molecule has 3 rings (SSSR count). The molecule has 154 valence electrons. The molecule has 1 saturated heterocycles. The van der Waals surface area contributed by atoms with Crippen LogP contribution in [0.4, 0.5) is 5.82 Å². The Kier molecular flexibility index (Phi) is 6.31. The highest BCUT2D eigenvalue weighted by atomic mass is 16.5. The Labute approximate surface area is 170 Å². The lowest BCUT2D eigenvalue weighted by Gasteiger charge is -2.35. The van der Waals surface area contributed by atoms with Crippen molar-refractivity contribution in [2.75, 3.05) is 37.7 Å². The molecule has 0 aliphatic carbocycles. The number of benzene rings is 1. The van der Waals surface area contributed by atoms with E-state index < -0.39 is 5.91 Å². The molecule has 2 amide bonds. The smallest absolute Gasteiger partial charge is 0.255 e. The molecule has 0 spiro atoms. The predicted octanol–water partition coefficient (Wildman–Crippen LogP) is 1.73. The first-order chi connectivity index (χ1) is 13.8. The first kappa shape index (κ1) is 20.6. The molecular weight excluding hydrogens is 370 g/mol. The number of carbonyl (C=O) groups is 2. The van der Waals surface area contributed by atoms with Crippen LogP contribution >= 0.6 is 0 Å². The van der Waals surface area contributed by atoms with Gasteiger partial charge in [0, 0.05) is 49.4 Å². The Morgan fingerprint density at radius 1 is 1.10 bits per heavy atom. The fraction of sp³-hybridized carbons (Fsp3) is 0.429. The van der Waals surface area contributed by atoms with Crippen LogP contribution in [0.3, 0.4) is 0 Å². The number of hydrogen-bond acceptors (Lipinski definition) is 6. The van der Waals surface area contributed by atoms with Crippen molar-refractivity contribution in [3.05, 3.63) is 47.4 Å². The van der Waals surface area contributed by atoms with Crippen molar-refractivity contribution in [1.82, 2.24) is 14.9 Å². The van der Waals surface area contributed by atoms with E-state index in [1.807, 2.05) is 17.9 Å². The molecule has 1 fully saturated rings. The molecule has 0 saturated carbocycles. The van der Waals surface area contributed by atoms with E-state index >= 15 is 0 Å². The maximum Gasteiger partial charge on any atom is 0.255 e. The van der Waals surface area contributed by atoms with E-state index in [0.29, 0.717) is 24.4 Å². The number of aryl methyl sites for hydroxylation is 1. The molecule has 8 nitrogen and oxygen atoms in total. The van der Waals surface area contributed by atoms with Crippen molar-refractivity contribution in [1.29, 1.82) is 0 Å². The van der Waals surface area contributed by atoms with E-state index in [9.17, 15) is 9.59 Å². The van der Waals surface area contributed by atoms with E-state index in [-0.39, 0.29) is 18.4 Å². The van der Waals surface area contributed by atoms with Crippen LogP contribution in [0.15, 0.2) is 30.3 Å². The third-order valence-corrected chi connectivity index (χ3v) is 4.75. The van der Waals surface area contributed by atoms with Gasteiger partial charge in [0.2, 0.25) is 0 Å². The first-order valence-corrected chi connectivity index (χ1v) is 9.74. The van der Waals surface area contributed by atoms with Gasteiger partial charge in [0.05, 0.1) is 0 Å². The zero-order valence-electron chi connectivity index (χ0n) is 17.1. The van der Waals surface area contributed by atoms with Gasteiger partial charge in [0.1, 0.15) is 17.4 Å². The normalized spacial score (nSPS) is 14.2. The number of amides is 2. The van der Waals surface area contributed by atoms with E-state index in [1.165, 1.54) is 0 Å². The van der Waals surface area contributed by atoms with Crippen molar-refractivity contribution in [2.45, 2.75) is 26.7 Å². The Balaban J connectivity index is 1.60. The topological polar surface area (TPSA) is 102 Å². The summed E-state index contributed by atoms with van der Waals surface area (Å²) in [4.78, 5) is 36.8. The third-order valence-electron chi connectivity index (χ3n) is 4.75. The zero-order valence-corrected chi connectivity index (χ0v) is 17.1. The number of rotatable bonds is 6. The van der Waals surface area contributed by atoms with Gasteiger partial charge in [-0.25, -0.2) is 9.97 Å². The highest BCUT2D eigenvalue weighted by Gasteiger charge is 2.23. The van der Waals surface area contributed by atoms with Crippen LogP contribution in [0.2, 0.25) is 0 Å². The minimum atomic E-state index is -0.539. The van der Waals surface area contributed by atoms with Crippen molar-refractivity contribution in [3.8, 4) is 5.75 Å². The Hall–Kier alpha value is -3.16. The number of aromatic nitrogens is 2. The average molecular weight is 397 g/mol. The molecule has 0 bridgehead atoms. The molecule has 8 heteroatoms.